The summed E-state index contributed by atoms with van der Waals surface area (Å²) in [6, 6.07) is 10.8. The van der Waals surface area contributed by atoms with Crippen LogP contribution in [0.2, 0.25) is 0 Å². The Labute approximate surface area is 103 Å². The summed E-state index contributed by atoms with van der Waals surface area (Å²) in [6.07, 6.45) is 6.94. The van der Waals surface area contributed by atoms with Crippen LogP contribution in [-0.2, 0) is 20.4 Å². The van der Waals surface area contributed by atoms with Crippen LogP contribution in [0.5, 0.6) is 0 Å². The Hall–Kier alpha value is 0.312. The van der Waals surface area contributed by atoms with Gasteiger partial charge in [0.15, 0.2) is 0 Å². The quantitative estimate of drug-likeness (QED) is 0.428. The van der Waals surface area contributed by atoms with E-state index in [9.17, 15) is 0 Å². The van der Waals surface area contributed by atoms with Crippen LogP contribution >= 0.6 is 8.58 Å². The van der Waals surface area contributed by atoms with Gasteiger partial charge in [-0.25, -0.2) is 0 Å². The Morgan fingerprint density at radius 3 is 2.36 bits per heavy atom. The van der Waals surface area contributed by atoms with Gasteiger partial charge in [-0.05, 0) is 17.9 Å². The fourth-order valence-corrected chi connectivity index (χ4v) is 2.48. The van der Waals surface area contributed by atoms with Gasteiger partial charge in [-0.2, -0.15) is 0 Å². The van der Waals surface area contributed by atoms with Crippen LogP contribution in [0.15, 0.2) is 30.3 Å². The van der Waals surface area contributed by atoms with Crippen molar-refractivity contribution in [2.45, 2.75) is 32.6 Å². The molecule has 2 heteroatoms. The van der Waals surface area contributed by atoms with Gasteiger partial charge in [-0.15, -0.1) is 0 Å². The molecule has 1 atom stereocenters. The number of benzene rings is 1. The average Bonchev–Trinajstić information content (AvgIpc) is 2.19. The largest absolute Gasteiger partial charge is 0.0904 e. The molecule has 0 bridgehead atoms. The molecular weight excluding hydrogens is 282 g/mol. The third-order valence-corrected chi connectivity index (χ3v) is 3.48. The van der Waals surface area contributed by atoms with E-state index in [1.54, 1.807) is 0 Å². The average molecular weight is 301 g/mol. The van der Waals surface area contributed by atoms with E-state index in [0.717, 1.165) is 8.58 Å². The molecule has 14 heavy (non-hydrogen) atoms. The van der Waals surface area contributed by atoms with Crippen LogP contribution in [-0.4, -0.2) is 6.16 Å². The van der Waals surface area contributed by atoms with Crippen molar-refractivity contribution in [2.24, 2.45) is 0 Å². The Balaban J connectivity index is 0.00000169. The van der Waals surface area contributed by atoms with Gasteiger partial charge in [0, 0.05) is 20.4 Å². The topological polar surface area (TPSA) is 0 Å². The molecule has 0 saturated heterocycles. The molecule has 0 aliphatic heterocycles. The van der Waals surface area contributed by atoms with Crippen molar-refractivity contribution in [3.05, 3.63) is 30.3 Å². The van der Waals surface area contributed by atoms with E-state index in [1.165, 1.54) is 37.1 Å². The summed E-state index contributed by atoms with van der Waals surface area (Å²) in [4.78, 5) is 0. The Kier molecular flexibility index (Phi) is 10.1. The SMILES string of the molecule is CCCCCCPc1ccccc1.[Pd]. The third-order valence-electron chi connectivity index (χ3n) is 2.13. The van der Waals surface area contributed by atoms with Gasteiger partial charge in [-0.3, -0.25) is 0 Å². The third kappa shape index (κ3) is 6.72. The molecule has 1 unspecified atom stereocenters. The van der Waals surface area contributed by atoms with Gasteiger partial charge in [-0.1, -0.05) is 65.1 Å². The molecule has 0 radical (unpaired) electrons. The molecule has 0 spiro atoms. The second-order valence-electron chi connectivity index (χ2n) is 3.35. The zero-order chi connectivity index (χ0) is 9.36. The van der Waals surface area contributed by atoms with Crippen molar-refractivity contribution < 1.29 is 20.4 Å². The second kappa shape index (κ2) is 9.85. The summed E-state index contributed by atoms with van der Waals surface area (Å²) in [6.45, 7) is 2.26. The molecule has 82 valence electrons. The Bertz CT molecular complexity index is 211. The summed E-state index contributed by atoms with van der Waals surface area (Å²) in [5.74, 6) is 0. The Morgan fingerprint density at radius 1 is 1.00 bits per heavy atom. The van der Waals surface area contributed by atoms with E-state index in [-0.39, 0.29) is 20.4 Å². The van der Waals surface area contributed by atoms with E-state index in [4.69, 9.17) is 0 Å². The molecule has 0 N–H and O–H groups in total. The van der Waals surface area contributed by atoms with Gasteiger partial charge in [0.1, 0.15) is 0 Å². The number of unbranched alkanes of at least 4 members (excludes halogenated alkanes) is 3. The first-order valence-corrected chi connectivity index (χ1v) is 6.43. The van der Waals surface area contributed by atoms with E-state index in [1.807, 2.05) is 0 Å². The van der Waals surface area contributed by atoms with Crippen molar-refractivity contribution in [1.29, 1.82) is 0 Å². The molecule has 1 aromatic rings. The van der Waals surface area contributed by atoms with E-state index in [0.29, 0.717) is 0 Å². The van der Waals surface area contributed by atoms with Crippen molar-refractivity contribution in [3.8, 4) is 0 Å². The van der Waals surface area contributed by atoms with Crippen LogP contribution in [0.25, 0.3) is 0 Å². The van der Waals surface area contributed by atoms with Crippen molar-refractivity contribution in [3.63, 3.8) is 0 Å². The first-order valence-electron chi connectivity index (χ1n) is 5.22. The predicted molar refractivity (Wildman–Crippen MR) is 63.4 cm³/mol. The minimum atomic E-state index is 0. The fourth-order valence-electron chi connectivity index (χ4n) is 1.34. The van der Waals surface area contributed by atoms with Crippen molar-refractivity contribution in [1.82, 2.24) is 0 Å². The predicted octanol–water partition coefficient (Wildman–Crippen LogP) is 3.57. The molecule has 0 aromatic heterocycles. The first-order chi connectivity index (χ1) is 6.43. The number of hydrogen-bond donors (Lipinski definition) is 0. The van der Waals surface area contributed by atoms with Gasteiger partial charge in [0.25, 0.3) is 0 Å². The monoisotopic (exact) mass is 300 g/mol. The molecule has 0 heterocycles. The summed E-state index contributed by atoms with van der Waals surface area (Å²) in [5, 5.41) is 1.51. The molecule has 0 fully saturated rings. The summed E-state index contributed by atoms with van der Waals surface area (Å²) in [5.41, 5.74) is 0. The maximum Gasteiger partial charge on any atom is 0 e. The van der Waals surface area contributed by atoms with Gasteiger partial charge in [0.2, 0.25) is 0 Å². The molecule has 0 aliphatic carbocycles. The van der Waals surface area contributed by atoms with Gasteiger partial charge in [0.05, 0.1) is 0 Å². The molecule has 0 aliphatic rings. The van der Waals surface area contributed by atoms with Gasteiger partial charge < -0.3 is 0 Å². The first kappa shape index (κ1) is 14.3. The van der Waals surface area contributed by atoms with Crippen LogP contribution in [0.3, 0.4) is 0 Å². The molecular formula is C12H19PPd. The van der Waals surface area contributed by atoms with Gasteiger partial charge >= 0.3 is 0 Å². The maximum atomic E-state index is 2.26. The Morgan fingerprint density at radius 2 is 1.71 bits per heavy atom. The summed E-state index contributed by atoms with van der Waals surface area (Å²) >= 11 is 0. The van der Waals surface area contributed by atoms with Crippen LogP contribution in [0.4, 0.5) is 0 Å². The zero-order valence-electron chi connectivity index (χ0n) is 8.74. The smallest absolute Gasteiger partial charge is 0 e. The molecule has 0 saturated carbocycles. The molecule has 0 nitrogen and oxygen atoms in total. The maximum absolute atomic E-state index is 2.26. The second-order valence-corrected chi connectivity index (χ2v) is 4.78. The zero-order valence-corrected chi connectivity index (χ0v) is 11.3. The standard InChI is InChI=1S/C12H19P.Pd/c1-2-3-4-8-11-13-12-9-6-5-7-10-12;/h5-7,9-10,13H,2-4,8,11H2,1H3;. The van der Waals surface area contributed by atoms with E-state index < -0.39 is 0 Å². The van der Waals surface area contributed by atoms with Crippen molar-refractivity contribution >= 4 is 13.9 Å². The molecule has 0 amide bonds. The van der Waals surface area contributed by atoms with Crippen LogP contribution in [0.1, 0.15) is 32.6 Å². The summed E-state index contributed by atoms with van der Waals surface area (Å²) < 4.78 is 0. The number of rotatable bonds is 6. The minimum absolute atomic E-state index is 0. The summed E-state index contributed by atoms with van der Waals surface area (Å²) in [7, 11) is 1.02. The fraction of sp³-hybridized carbons (Fsp3) is 0.500. The number of hydrogen-bond acceptors (Lipinski definition) is 0. The molecule has 1 rings (SSSR count). The van der Waals surface area contributed by atoms with E-state index in [2.05, 4.69) is 37.3 Å². The van der Waals surface area contributed by atoms with Crippen molar-refractivity contribution in [2.75, 3.05) is 6.16 Å². The molecule has 1 aromatic carbocycles. The minimum Gasteiger partial charge on any atom is -0.0904 e. The normalized spacial score (nSPS) is 10.4. The van der Waals surface area contributed by atoms with Crippen LogP contribution < -0.4 is 5.30 Å². The van der Waals surface area contributed by atoms with E-state index >= 15 is 0 Å². The van der Waals surface area contributed by atoms with Crippen LogP contribution in [0, 0.1) is 0 Å².